The number of methoxy groups -OCH3 is 1. The van der Waals surface area contributed by atoms with Gasteiger partial charge in [0.25, 0.3) is 0 Å². The molecule has 1 atom stereocenters. The van der Waals surface area contributed by atoms with Gasteiger partial charge < -0.3 is 24.7 Å². The Kier molecular flexibility index (Phi) is 6.18. The summed E-state index contributed by atoms with van der Waals surface area (Å²) in [4.78, 5) is 12.5. The fourth-order valence-corrected chi connectivity index (χ4v) is 3.66. The minimum absolute atomic E-state index is 0.0162. The van der Waals surface area contributed by atoms with Crippen LogP contribution in [0.1, 0.15) is 34.3 Å². The number of nitriles is 1. The zero-order chi connectivity index (χ0) is 23.4. The topological polar surface area (TPSA) is 104 Å². The molecule has 0 saturated carbocycles. The van der Waals surface area contributed by atoms with Crippen LogP contribution in [0.25, 0.3) is 0 Å². The molecule has 1 unspecified atom stereocenters. The van der Waals surface area contributed by atoms with E-state index < -0.39 is 11.9 Å². The number of benzene rings is 3. The number of rotatable bonds is 6. The quantitative estimate of drug-likeness (QED) is 0.442. The van der Waals surface area contributed by atoms with Gasteiger partial charge >= 0.3 is 5.97 Å². The number of esters is 1. The average Bonchev–Trinajstić information content (AvgIpc) is 2.84. The van der Waals surface area contributed by atoms with Gasteiger partial charge in [0.15, 0.2) is 0 Å². The molecule has 0 radical (unpaired) electrons. The Hall–Kier alpha value is -4.44. The lowest BCUT2D eigenvalue weighted by molar-refractivity contribution is 0.0734. The third kappa shape index (κ3) is 4.46. The van der Waals surface area contributed by atoms with Crippen LogP contribution in [0.2, 0.25) is 0 Å². The van der Waals surface area contributed by atoms with Gasteiger partial charge in [-0.3, -0.25) is 0 Å². The van der Waals surface area contributed by atoms with Crippen LogP contribution in [0.3, 0.4) is 0 Å². The van der Waals surface area contributed by atoms with Crippen molar-refractivity contribution in [3.63, 3.8) is 0 Å². The smallest absolute Gasteiger partial charge is 0.343 e. The van der Waals surface area contributed by atoms with Gasteiger partial charge in [0.2, 0.25) is 5.88 Å². The Labute approximate surface area is 191 Å². The lowest BCUT2D eigenvalue weighted by Crippen LogP contribution is -2.21. The lowest BCUT2D eigenvalue weighted by Gasteiger charge is -2.26. The summed E-state index contributed by atoms with van der Waals surface area (Å²) in [5.41, 5.74) is 8.38. The van der Waals surface area contributed by atoms with E-state index >= 15 is 0 Å². The lowest BCUT2D eigenvalue weighted by atomic mass is 9.83. The fourth-order valence-electron chi connectivity index (χ4n) is 3.66. The Bertz CT molecular complexity index is 1240. The van der Waals surface area contributed by atoms with Crippen molar-refractivity contribution in [2.24, 2.45) is 5.73 Å². The van der Waals surface area contributed by atoms with Crippen LogP contribution in [-0.4, -0.2) is 19.7 Å². The second-order valence-corrected chi connectivity index (χ2v) is 7.24. The maximum atomic E-state index is 12.5. The Balaban J connectivity index is 1.63. The molecule has 1 aliphatic heterocycles. The summed E-state index contributed by atoms with van der Waals surface area (Å²) in [6.45, 7) is 2.48. The Morgan fingerprint density at radius 3 is 2.33 bits per heavy atom. The molecule has 0 amide bonds. The highest BCUT2D eigenvalue weighted by Crippen LogP contribution is 2.43. The molecule has 166 valence electrons. The summed E-state index contributed by atoms with van der Waals surface area (Å²) < 4.78 is 21.8. The summed E-state index contributed by atoms with van der Waals surface area (Å²) >= 11 is 0. The van der Waals surface area contributed by atoms with Crippen LogP contribution < -0.4 is 24.7 Å². The number of hydrogen-bond donors (Lipinski definition) is 1. The van der Waals surface area contributed by atoms with Crippen molar-refractivity contribution in [3.8, 4) is 29.1 Å². The molecule has 33 heavy (non-hydrogen) atoms. The molecule has 0 saturated heterocycles. The third-order valence-electron chi connectivity index (χ3n) is 5.25. The monoisotopic (exact) mass is 442 g/mol. The van der Waals surface area contributed by atoms with E-state index in [1.165, 1.54) is 0 Å². The van der Waals surface area contributed by atoms with E-state index in [9.17, 15) is 10.1 Å². The molecule has 0 spiro atoms. The number of hydrogen-bond acceptors (Lipinski definition) is 7. The van der Waals surface area contributed by atoms with E-state index in [1.807, 2.05) is 31.2 Å². The Morgan fingerprint density at radius 1 is 1.03 bits per heavy atom. The molecule has 7 nitrogen and oxygen atoms in total. The molecule has 2 N–H and O–H groups in total. The molecule has 1 aliphatic rings. The van der Waals surface area contributed by atoms with Crippen molar-refractivity contribution in [1.82, 2.24) is 0 Å². The summed E-state index contributed by atoms with van der Waals surface area (Å²) in [5.74, 6) is 1.19. The summed E-state index contributed by atoms with van der Waals surface area (Å²) in [6, 6.07) is 21.3. The number of fused-ring (bicyclic) bond motifs is 1. The number of carbonyl (C=O) groups excluding carboxylic acids is 1. The molecule has 1 heterocycles. The predicted octanol–water partition coefficient (Wildman–Crippen LogP) is 4.53. The van der Waals surface area contributed by atoms with Crippen molar-refractivity contribution in [1.29, 1.82) is 5.26 Å². The van der Waals surface area contributed by atoms with Gasteiger partial charge in [0.05, 0.1) is 25.2 Å². The van der Waals surface area contributed by atoms with E-state index in [0.717, 1.165) is 16.9 Å². The van der Waals surface area contributed by atoms with Gasteiger partial charge in [-0.25, -0.2) is 4.79 Å². The number of carbonyl (C=O) groups is 1. The first kappa shape index (κ1) is 21.8. The van der Waals surface area contributed by atoms with Crippen molar-refractivity contribution in [3.05, 3.63) is 94.9 Å². The number of nitrogens with two attached hydrogens (primary N) is 1. The first-order valence-electron chi connectivity index (χ1n) is 10.3. The van der Waals surface area contributed by atoms with Crippen LogP contribution in [0, 0.1) is 11.3 Å². The number of allylic oxidation sites excluding steroid dienone is 1. The first-order valence-corrected chi connectivity index (χ1v) is 10.3. The van der Waals surface area contributed by atoms with Crippen LogP contribution >= 0.6 is 0 Å². The highest BCUT2D eigenvalue weighted by molar-refractivity contribution is 5.91. The minimum Gasteiger partial charge on any atom is -0.497 e. The molecule has 7 heteroatoms. The molecule has 3 aromatic rings. The minimum atomic E-state index is -0.516. The van der Waals surface area contributed by atoms with Gasteiger partial charge in [0.1, 0.15) is 34.6 Å². The highest BCUT2D eigenvalue weighted by atomic mass is 16.5. The summed E-state index contributed by atoms with van der Waals surface area (Å²) in [5, 5.41) is 9.72. The van der Waals surface area contributed by atoms with Gasteiger partial charge in [-0.1, -0.05) is 18.2 Å². The van der Waals surface area contributed by atoms with Crippen LogP contribution in [0.15, 0.2) is 78.2 Å². The van der Waals surface area contributed by atoms with E-state index in [2.05, 4.69) is 6.07 Å². The molecule has 0 aliphatic carbocycles. The van der Waals surface area contributed by atoms with Gasteiger partial charge in [-0.15, -0.1) is 0 Å². The first-order chi connectivity index (χ1) is 16.0. The zero-order valence-electron chi connectivity index (χ0n) is 18.2. The van der Waals surface area contributed by atoms with Crippen molar-refractivity contribution in [2.45, 2.75) is 12.8 Å². The SMILES string of the molecule is CCOc1ccc(C2C(C#N)=C(N)Oc3cc(OC(=O)c4ccc(OC)cc4)ccc32)cc1. The molecule has 0 bridgehead atoms. The maximum absolute atomic E-state index is 12.5. The number of nitrogens with zero attached hydrogens (tertiary/aromatic N) is 1. The predicted molar refractivity (Wildman–Crippen MR) is 121 cm³/mol. The molecular weight excluding hydrogens is 420 g/mol. The average molecular weight is 442 g/mol. The van der Waals surface area contributed by atoms with Crippen molar-refractivity contribution >= 4 is 5.97 Å². The second-order valence-electron chi connectivity index (χ2n) is 7.24. The Morgan fingerprint density at radius 2 is 1.70 bits per heavy atom. The maximum Gasteiger partial charge on any atom is 0.343 e. The van der Waals surface area contributed by atoms with Gasteiger partial charge in [-0.2, -0.15) is 5.26 Å². The van der Waals surface area contributed by atoms with Crippen LogP contribution in [0.5, 0.6) is 23.0 Å². The van der Waals surface area contributed by atoms with E-state index in [1.54, 1.807) is 49.6 Å². The summed E-state index contributed by atoms with van der Waals surface area (Å²) in [7, 11) is 1.55. The van der Waals surface area contributed by atoms with E-state index in [-0.39, 0.29) is 5.88 Å². The molecule has 3 aromatic carbocycles. The van der Waals surface area contributed by atoms with Crippen LogP contribution in [-0.2, 0) is 0 Å². The van der Waals surface area contributed by atoms with Crippen molar-refractivity contribution < 1.29 is 23.7 Å². The zero-order valence-corrected chi connectivity index (χ0v) is 18.2. The van der Waals surface area contributed by atoms with Crippen LogP contribution in [0.4, 0.5) is 0 Å². The van der Waals surface area contributed by atoms with Gasteiger partial charge in [-0.05, 0) is 55.0 Å². The molecular formula is C26H22N2O5. The second kappa shape index (κ2) is 9.37. The number of ether oxygens (including phenoxy) is 4. The molecule has 0 aromatic heterocycles. The van der Waals surface area contributed by atoms with Gasteiger partial charge in [0, 0.05) is 11.6 Å². The molecule has 4 rings (SSSR count). The normalized spacial score (nSPS) is 14.5. The summed E-state index contributed by atoms with van der Waals surface area (Å²) in [6.07, 6.45) is 0. The van der Waals surface area contributed by atoms with E-state index in [0.29, 0.717) is 35.0 Å². The fraction of sp³-hybridized carbons (Fsp3) is 0.154. The largest absolute Gasteiger partial charge is 0.497 e. The highest BCUT2D eigenvalue weighted by Gasteiger charge is 2.31. The van der Waals surface area contributed by atoms with Crippen molar-refractivity contribution in [2.75, 3.05) is 13.7 Å². The standard InChI is InChI=1S/C26H22N2O5/c1-3-31-19-10-4-16(5-11-19)24-21-13-12-20(14-23(21)33-25(28)22(24)15-27)32-26(29)17-6-8-18(30-2)9-7-17/h4-14,24H,3,28H2,1-2H3. The van der Waals surface area contributed by atoms with E-state index in [4.69, 9.17) is 24.7 Å². The molecule has 0 fully saturated rings. The third-order valence-corrected chi connectivity index (χ3v) is 5.25.